The van der Waals surface area contributed by atoms with Gasteiger partial charge in [-0.05, 0) is 18.9 Å². The van der Waals surface area contributed by atoms with Gasteiger partial charge in [-0.25, -0.2) is 0 Å². The SMILES string of the molecule is COc1ccc(CN(CCN)C2CC2)nn1. The Balaban J connectivity index is 1.94. The van der Waals surface area contributed by atoms with Gasteiger partial charge in [0.2, 0.25) is 5.88 Å². The van der Waals surface area contributed by atoms with Crippen LogP contribution < -0.4 is 10.5 Å². The van der Waals surface area contributed by atoms with E-state index in [1.165, 1.54) is 12.8 Å². The molecule has 1 aliphatic rings. The minimum Gasteiger partial charge on any atom is -0.480 e. The molecule has 0 radical (unpaired) electrons. The highest BCUT2D eigenvalue weighted by molar-refractivity contribution is 5.11. The molecule has 1 aromatic heterocycles. The maximum Gasteiger partial charge on any atom is 0.233 e. The Bertz CT molecular complexity index is 323. The van der Waals surface area contributed by atoms with Crippen LogP contribution in [0.3, 0.4) is 0 Å². The lowest BCUT2D eigenvalue weighted by atomic mass is 10.3. The molecular weight excluding hydrogens is 204 g/mol. The molecule has 1 saturated carbocycles. The molecule has 2 rings (SSSR count). The van der Waals surface area contributed by atoms with Gasteiger partial charge < -0.3 is 10.5 Å². The molecule has 0 saturated heterocycles. The van der Waals surface area contributed by atoms with Crippen molar-refractivity contribution in [2.24, 2.45) is 5.73 Å². The van der Waals surface area contributed by atoms with Gasteiger partial charge in [0.25, 0.3) is 0 Å². The zero-order chi connectivity index (χ0) is 11.4. The van der Waals surface area contributed by atoms with Crippen LogP contribution in [0.15, 0.2) is 12.1 Å². The van der Waals surface area contributed by atoms with Crippen molar-refractivity contribution >= 4 is 0 Å². The van der Waals surface area contributed by atoms with Crippen molar-refractivity contribution in [2.45, 2.75) is 25.4 Å². The average Bonchev–Trinajstić information content (AvgIpc) is 3.13. The first kappa shape index (κ1) is 11.3. The molecule has 0 spiro atoms. The molecule has 0 bridgehead atoms. The molecule has 0 aromatic carbocycles. The lowest BCUT2D eigenvalue weighted by Crippen LogP contribution is -2.31. The van der Waals surface area contributed by atoms with E-state index in [0.717, 1.165) is 18.8 Å². The van der Waals surface area contributed by atoms with Crippen molar-refractivity contribution < 1.29 is 4.74 Å². The largest absolute Gasteiger partial charge is 0.480 e. The average molecular weight is 222 g/mol. The Morgan fingerprint density at radius 2 is 2.25 bits per heavy atom. The Morgan fingerprint density at radius 3 is 2.75 bits per heavy atom. The fraction of sp³-hybridized carbons (Fsp3) is 0.636. The number of methoxy groups -OCH3 is 1. The second kappa shape index (κ2) is 5.23. The summed E-state index contributed by atoms with van der Waals surface area (Å²) in [5.74, 6) is 0.556. The van der Waals surface area contributed by atoms with Crippen LogP contribution >= 0.6 is 0 Å². The Hall–Kier alpha value is -1.20. The van der Waals surface area contributed by atoms with Gasteiger partial charge in [-0.3, -0.25) is 4.90 Å². The molecule has 1 heterocycles. The number of nitrogens with two attached hydrogens (primary N) is 1. The van der Waals surface area contributed by atoms with Crippen LogP contribution in [0.2, 0.25) is 0 Å². The molecule has 0 unspecified atom stereocenters. The monoisotopic (exact) mass is 222 g/mol. The first-order chi connectivity index (χ1) is 7.83. The predicted octanol–water partition coefficient (Wildman–Crippen LogP) is 0.408. The minimum atomic E-state index is 0.556. The van der Waals surface area contributed by atoms with E-state index in [0.29, 0.717) is 18.5 Å². The van der Waals surface area contributed by atoms with Gasteiger partial charge in [0.1, 0.15) is 0 Å². The van der Waals surface area contributed by atoms with E-state index in [-0.39, 0.29) is 0 Å². The molecular formula is C11H18N4O. The van der Waals surface area contributed by atoms with Crippen molar-refractivity contribution in [1.82, 2.24) is 15.1 Å². The predicted molar refractivity (Wildman–Crippen MR) is 61.1 cm³/mol. The van der Waals surface area contributed by atoms with Gasteiger partial charge in [-0.1, -0.05) is 0 Å². The van der Waals surface area contributed by atoms with Gasteiger partial charge in [0.05, 0.1) is 12.8 Å². The second-order valence-corrected chi connectivity index (χ2v) is 4.06. The van der Waals surface area contributed by atoms with Crippen LogP contribution in [0.5, 0.6) is 5.88 Å². The second-order valence-electron chi connectivity index (χ2n) is 4.06. The van der Waals surface area contributed by atoms with Gasteiger partial charge in [0.15, 0.2) is 0 Å². The smallest absolute Gasteiger partial charge is 0.233 e. The summed E-state index contributed by atoms with van der Waals surface area (Å²) < 4.78 is 4.97. The fourth-order valence-electron chi connectivity index (χ4n) is 1.75. The van der Waals surface area contributed by atoms with E-state index in [9.17, 15) is 0 Å². The zero-order valence-corrected chi connectivity index (χ0v) is 9.59. The quantitative estimate of drug-likeness (QED) is 0.755. The van der Waals surface area contributed by atoms with Crippen LogP contribution in [-0.2, 0) is 6.54 Å². The van der Waals surface area contributed by atoms with Gasteiger partial charge >= 0.3 is 0 Å². The molecule has 88 valence electrons. The third-order valence-corrected chi connectivity index (χ3v) is 2.75. The summed E-state index contributed by atoms with van der Waals surface area (Å²) in [6.45, 7) is 2.46. The highest BCUT2D eigenvalue weighted by Gasteiger charge is 2.28. The Kier molecular flexibility index (Phi) is 3.69. The fourth-order valence-corrected chi connectivity index (χ4v) is 1.75. The van der Waals surface area contributed by atoms with Crippen LogP contribution in [-0.4, -0.2) is 41.3 Å². The van der Waals surface area contributed by atoms with Crippen molar-refractivity contribution in [3.63, 3.8) is 0 Å². The summed E-state index contributed by atoms with van der Waals surface area (Å²) in [7, 11) is 1.59. The molecule has 1 aliphatic carbocycles. The van der Waals surface area contributed by atoms with Crippen molar-refractivity contribution in [3.05, 3.63) is 17.8 Å². The van der Waals surface area contributed by atoms with Crippen LogP contribution in [0, 0.1) is 0 Å². The molecule has 1 aromatic rings. The van der Waals surface area contributed by atoms with E-state index in [1.807, 2.05) is 12.1 Å². The van der Waals surface area contributed by atoms with Crippen molar-refractivity contribution in [1.29, 1.82) is 0 Å². The molecule has 1 fully saturated rings. The van der Waals surface area contributed by atoms with E-state index in [2.05, 4.69) is 15.1 Å². The lowest BCUT2D eigenvalue weighted by Gasteiger charge is -2.20. The number of nitrogens with zero attached hydrogens (tertiary/aromatic N) is 3. The molecule has 0 amide bonds. The number of ether oxygens (including phenoxy) is 1. The number of aromatic nitrogens is 2. The molecule has 0 aliphatic heterocycles. The third kappa shape index (κ3) is 2.90. The summed E-state index contributed by atoms with van der Waals surface area (Å²) in [5.41, 5.74) is 6.57. The van der Waals surface area contributed by atoms with E-state index in [1.54, 1.807) is 7.11 Å². The molecule has 2 N–H and O–H groups in total. The summed E-state index contributed by atoms with van der Waals surface area (Å²) in [6, 6.07) is 4.50. The van der Waals surface area contributed by atoms with E-state index >= 15 is 0 Å². The van der Waals surface area contributed by atoms with Crippen LogP contribution in [0.25, 0.3) is 0 Å². The highest BCUT2D eigenvalue weighted by atomic mass is 16.5. The van der Waals surface area contributed by atoms with Crippen LogP contribution in [0.1, 0.15) is 18.5 Å². The van der Waals surface area contributed by atoms with Crippen LogP contribution in [0.4, 0.5) is 0 Å². The standard InChI is InChI=1S/C11H18N4O/c1-16-11-5-2-9(13-14-11)8-15(7-6-12)10-3-4-10/h2,5,10H,3-4,6-8,12H2,1H3. The lowest BCUT2D eigenvalue weighted by molar-refractivity contribution is 0.257. The normalized spacial score (nSPS) is 15.4. The molecule has 5 heteroatoms. The molecule has 5 nitrogen and oxygen atoms in total. The maximum absolute atomic E-state index is 5.60. The number of hydrogen-bond donors (Lipinski definition) is 1. The Labute approximate surface area is 95.6 Å². The van der Waals surface area contributed by atoms with Gasteiger partial charge in [0, 0.05) is 31.7 Å². The Morgan fingerprint density at radius 1 is 1.44 bits per heavy atom. The topological polar surface area (TPSA) is 64.3 Å². The first-order valence-corrected chi connectivity index (χ1v) is 5.64. The minimum absolute atomic E-state index is 0.556. The third-order valence-electron chi connectivity index (χ3n) is 2.75. The van der Waals surface area contributed by atoms with Gasteiger partial charge in [-0.15, -0.1) is 5.10 Å². The maximum atomic E-state index is 5.60. The first-order valence-electron chi connectivity index (χ1n) is 5.64. The summed E-state index contributed by atoms with van der Waals surface area (Å²) in [6.07, 6.45) is 2.56. The summed E-state index contributed by atoms with van der Waals surface area (Å²) >= 11 is 0. The van der Waals surface area contributed by atoms with Crippen molar-refractivity contribution in [3.8, 4) is 5.88 Å². The summed E-state index contributed by atoms with van der Waals surface area (Å²) in [4.78, 5) is 2.37. The molecule has 0 atom stereocenters. The number of rotatable bonds is 6. The van der Waals surface area contributed by atoms with E-state index in [4.69, 9.17) is 10.5 Å². The zero-order valence-electron chi connectivity index (χ0n) is 9.59. The van der Waals surface area contributed by atoms with Gasteiger partial charge in [-0.2, -0.15) is 5.10 Å². The summed E-state index contributed by atoms with van der Waals surface area (Å²) in [5, 5.41) is 8.08. The van der Waals surface area contributed by atoms with E-state index < -0.39 is 0 Å². The van der Waals surface area contributed by atoms with Crippen molar-refractivity contribution in [2.75, 3.05) is 20.2 Å². The molecule has 16 heavy (non-hydrogen) atoms. The number of hydrogen-bond acceptors (Lipinski definition) is 5. The highest BCUT2D eigenvalue weighted by Crippen LogP contribution is 2.27.